The number of fused-ring (bicyclic) bond motifs is 1. The zero-order valence-electron chi connectivity index (χ0n) is 14.3. The predicted octanol–water partition coefficient (Wildman–Crippen LogP) is 4.34. The smallest absolute Gasteiger partial charge is 0.253 e. The van der Waals surface area contributed by atoms with Gasteiger partial charge in [0, 0.05) is 42.8 Å². The lowest BCUT2D eigenvalue weighted by atomic mass is 9.93. The molecule has 0 aliphatic carbocycles. The summed E-state index contributed by atoms with van der Waals surface area (Å²) in [7, 11) is 2.12. The molecule has 0 N–H and O–H groups in total. The van der Waals surface area contributed by atoms with Crippen LogP contribution in [0.3, 0.4) is 0 Å². The molecular weight excluding hydrogens is 315 g/mol. The fraction of sp³-hybridized carbons (Fsp3) is 0.286. The normalized spacial score (nSPS) is 15.7. The average molecular weight is 336 g/mol. The molecule has 1 aromatic heterocycles. The largest absolute Gasteiger partial charge is 0.347 e. The Morgan fingerprint density at radius 3 is 2.40 bits per heavy atom. The van der Waals surface area contributed by atoms with Gasteiger partial charge in [0.2, 0.25) is 0 Å². The van der Waals surface area contributed by atoms with Crippen molar-refractivity contribution in [2.75, 3.05) is 13.1 Å². The second-order valence-corrected chi connectivity index (χ2v) is 6.76. The van der Waals surface area contributed by atoms with Gasteiger partial charge in [0.25, 0.3) is 5.91 Å². The van der Waals surface area contributed by atoms with Crippen molar-refractivity contribution in [1.29, 1.82) is 0 Å². The number of carbonyl (C=O) groups is 1. The summed E-state index contributed by atoms with van der Waals surface area (Å²) in [6, 6.07) is 16.5. The van der Waals surface area contributed by atoms with E-state index in [-0.39, 0.29) is 11.7 Å². The Labute approximate surface area is 146 Å². The summed E-state index contributed by atoms with van der Waals surface area (Å²) in [4.78, 5) is 14.4. The molecule has 1 amide bonds. The first kappa shape index (κ1) is 15.9. The number of likely N-dealkylation sites (tertiary alicyclic amines) is 1. The Bertz CT molecular complexity index is 905. The van der Waals surface area contributed by atoms with Crippen LogP contribution in [0.2, 0.25) is 0 Å². The van der Waals surface area contributed by atoms with Crippen molar-refractivity contribution in [2.45, 2.75) is 18.8 Å². The number of nitrogens with zero attached hydrogens (tertiary/aromatic N) is 2. The standard InChI is InChI=1S/C21H21FN2O/c1-23-19-5-3-2-4-17(19)14-20(23)15-10-12-24(13-11-15)21(25)16-6-8-18(22)9-7-16/h2-9,14-15H,10-13H2,1H3. The Kier molecular flexibility index (Phi) is 4.04. The van der Waals surface area contributed by atoms with Gasteiger partial charge in [0.1, 0.15) is 5.82 Å². The molecule has 0 unspecified atom stereocenters. The SMILES string of the molecule is Cn1c(C2CCN(C(=O)c3ccc(F)cc3)CC2)cc2ccccc21. The zero-order chi connectivity index (χ0) is 17.4. The molecule has 1 fully saturated rings. The van der Waals surface area contributed by atoms with Gasteiger partial charge in [-0.2, -0.15) is 0 Å². The quantitative estimate of drug-likeness (QED) is 0.683. The number of amides is 1. The van der Waals surface area contributed by atoms with Crippen LogP contribution in [-0.2, 0) is 7.05 Å². The van der Waals surface area contributed by atoms with Gasteiger partial charge in [-0.15, -0.1) is 0 Å². The van der Waals surface area contributed by atoms with E-state index >= 15 is 0 Å². The molecule has 0 atom stereocenters. The van der Waals surface area contributed by atoms with Crippen LogP contribution in [0, 0.1) is 5.82 Å². The van der Waals surface area contributed by atoms with E-state index in [2.05, 4.69) is 41.9 Å². The molecule has 128 valence electrons. The third-order valence-corrected chi connectivity index (χ3v) is 5.28. The van der Waals surface area contributed by atoms with Crippen LogP contribution in [0.5, 0.6) is 0 Å². The van der Waals surface area contributed by atoms with Crippen LogP contribution in [0.25, 0.3) is 10.9 Å². The highest BCUT2D eigenvalue weighted by Gasteiger charge is 2.26. The number of aromatic nitrogens is 1. The number of rotatable bonds is 2. The van der Waals surface area contributed by atoms with E-state index in [4.69, 9.17) is 0 Å². The Balaban J connectivity index is 1.48. The number of para-hydroxylation sites is 1. The fourth-order valence-corrected chi connectivity index (χ4v) is 3.86. The van der Waals surface area contributed by atoms with Crippen molar-refractivity contribution >= 4 is 16.8 Å². The van der Waals surface area contributed by atoms with Gasteiger partial charge >= 0.3 is 0 Å². The van der Waals surface area contributed by atoms with Crippen LogP contribution in [-0.4, -0.2) is 28.5 Å². The minimum atomic E-state index is -0.314. The number of benzene rings is 2. The lowest BCUT2D eigenvalue weighted by Gasteiger charge is -2.32. The highest BCUT2D eigenvalue weighted by atomic mass is 19.1. The Morgan fingerprint density at radius 1 is 1.04 bits per heavy atom. The van der Waals surface area contributed by atoms with Crippen molar-refractivity contribution in [1.82, 2.24) is 9.47 Å². The molecular formula is C21H21FN2O. The molecule has 0 saturated carbocycles. The van der Waals surface area contributed by atoms with Crippen LogP contribution in [0.15, 0.2) is 54.6 Å². The summed E-state index contributed by atoms with van der Waals surface area (Å²) in [6.07, 6.45) is 1.91. The van der Waals surface area contributed by atoms with Gasteiger partial charge in [0.05, 0.1) is 0 Å². The van der Waals surface area contributed by atoms with E-state index in [1.807, 2.05) is 4.90 Å². The summed E-state index contributed by atoms with van der Waals surface area (Å²) in [6.45, 7) is 1.48. The first-order chi connectivity index (χ1) is 12.1. The highest BCUT2D eigenvalue weighted by Crippen LogP contribution is 2.32. The van der Waals surface area contributed by atoms with Crippen LogP contribution in [0.1, 0.15) is 34.8 Å². The summed E-state index contributed by atoms with van der Waals surface area (Å²) in [5.41, 5.74) is 3.15. The molecule has 1 aliphatic heterocycles. The van der Waals surface area contributed by atoms with Crippen molar-refractivity contribution < 1.29 is 9.18 Å². The van der Waals surface area contributed by atoms with Crippen molar-refractivity contribution in [3.05, 3.63) is 71.7 Å². The van der Waals surface area contributed by atoms with Crippen LogP contribution in [0.4, 0.5) is 4.39 Å². The number of carbonyl (C=O) groups excluding carboxylic acids is 1. The maximum absolute atomic E-state index is 13.0. The van der Waals surface area contributed by atoms with E-state index in [1.54, 1.807) is 12.1 Å². The van der Waals surface area contributed by atoms with E-state index < -0.39 is 0 Å². The highest BCUT2D eigenvalue weighted by molar-refractivity contribution is 5.94. The van der Waals surface area contributed by atoms with E-state index in [9.17, 15) is 9.18 Å². The molecule has 2 heterocycles. The van der Waals surface area contributed by atoms with Gasteiger partial charge in [-0.3, -0.25) is 4.79 Å². The van der Waals surface area contributed by atoms with Gasteiger partial charge < -0.3 is 9.47 Å². The molecule has 4 heteroatoms. The second-order valence-electron chi connectivity index (χ2n) is 6.76. The number of aryl methyl sites for hydroxylation is 1. The second kappa shape index (κ2) is 6.36. The first-order valence-corrected chi connectivity index (χ1v) is 8.72. The molecule has 25 heavy (non-hydrogen) atoms. The van der Waals surface area contributed by atoms with Crippen molar-refractivity contribution in [3.8, 4) is 0 Å². The molecule has 2 aromatic carbocycles. The number of piperidine rings is 1. The lowest BCUT2D eigenvalue weighted by Crippen LogP contribution is -2.38. The van der Waals surface area contributed by atoms with E-state index in [1.165, 1.54) is 28.7 Å². The molecule has 0 radical (unpaired) electrons. The lowest BCUT2D eigenvalue weighted by molar-refractivity contribution is 0.0711. The topological polar surface area (TPSA) is 25.2 Å². The molecule has 1 saturated heterocycles. The fourth-order valence-electron chi connectivity index (χ4n) is 3.86. The minimum absolute atomic E-state index is 0.00417. The molecule has 4 rings (SSSR count). The molecule has 0 spiro atoms. The summed E-state index contributed by atoms with van der Waals surface area (Å²) in [5, 5.41) is 1.27. The van der Waals surface area contributed by atoms with Gasteiger partial charge in [0.15, 0.2) is 0 Å². The van der Waals surface area contributed by atoms with Gasteiger partial charge in [-0.25, -0.2) is 4.39 Å². The van der Waals surface area contributed by atoms with Gasteiger partial charge in [-0.05, 0) is 54.6 Å². The monoisotopic (exact) mass is 336 g/mol. The Hall–Kier alpha value is -2.62. The maximum Gasteiger partial charge on any atom is 0.253 e. The summed E-state index contributed by atoms with van der Waals surface area (Å²) < 4.78 is 15.3. The van der Waals surface area contributed by atoms with Crippen molar-refractivity contribution in [3.63, 3.8) is 0 Å². The summed E-state index contributed by atoms with van der Waals surface area (Å²) >= 11 is 0. The molecule has 0 bridgehead atoms. The maximum atomic E-state index is 13.0. The number of hydrogen-bond acceptors (Lipinski definition) is 1. The molecule has 3 nitrogen and oxygen atoms in total. The molecule has 3 aromatic rings. The minimum Gasteiger partial charge on any atom is -0.347 e. The number of halogens is 1. The van der Waals surface area contributed by atoms with Crippen molar-refractivity contribution in [2.24, 2.45) is 7.05 Å². The Morgan fingerprint density at radius 2 is 1.72 bits per heavy atom. The van der Waals surface area contributed by atoms with Gasteiger partial charge in [-0.1, -0.05) is 18.2 Å². The van der Waals surface area contributed by atoms with Crippen LogP contribution >= 0.6 is 0 Å². The third-order valence-electron chi connectivity index (χ3n) is 5.28. The summed E-state index contributed by atoms with van der Waals surface area (Å²) in [5.74, 6) is 0.149. The predicted molar refractivity (Wildman–Crippen MR) is 97.2 cm³/mol. The van der Waals surface area contributed by atoms with E-state index in [0.29, 0.717) is 11.5 Å². The zero-order valence-corrected chi connectivity index (χ0v) is 14.3. The first-order valence-electron chi connectivity index (χ1n) is 8.72. The van der Waals surface area contributed by atoms with Crippen LogP contribution < -0.4 is 0 Å². The third kappa shape index (κ3) is 2.93. The molecule has 1 aliphatic rings. The van der Waals surface area contributed by atoms with E-state index in [0.717, 1.165) is 25.9 Å². The number of hydrogen-bond donors (Lipinski definition) is 0. The average Bonchev–Trinajstić information content (AvgIpc) is 2.99.